The van der Waals surface area contributed by atoms with Crippen LogP contribution in [-0.2, 0) is 4.74 Å². The van der Waals surface area contributed by atoms with Gasteiger partial charge in [0.05, 0.1) is 16.7 Å². The number of carbonyl (C=O) groups excluding carboxylic acids is 1. The average molecular weight is 255 g/mol. The van der Waals surface area contributed by atoms with Gasteiger partial charge in [-0.3, -0.25) is 4.79 Å². The highest BCUT2D eigenvalue weighted by Crippen LogP contribution is 2.24. The van der Waals surface area contributed by atoms with Crippen molar-refractivity contribution in [1.29, 1.82) is 0 Å². The Kier molecular flexibility index (Phi) is 3.54. The number of rotatable bonds is 3. The lowest BCUT2D eigenvalue weighted by atomic mass is 9.89. The van der Waals surface area contributed by atoms with Crippen molar-refractivity contribution in [1.82, 2.24) is 5.32 Å². The summed E-state index contributed by atoms with van der Waals surface area (Å²) in [6.45, 7) is 0. The molecule has 3 N–H and O–H groups in total. The quantitative estimate of drug-likeness (QED) is 0.809. The third kappa shape index (κ3) is 2.70. The van der Waals surface area contributed by atoms with E-state index in [2.05, 4.69) is 5.32 Å². The number of benzene rings is 1. The Morgan fingerprint density at radius 1 is 1.53 bits per heavy atom. The topological polar surface area (TPSA) is 64.3 Å². The molecule has 17 heavy (non-hydrogen) atoms. The largest absolute Gasteiger partial charge is 0.399 e. The standard InChI is InChI=1S/C12H15ClN2O2/c1-17-9-5-8(6-9)15-12(16)10-3-2-7(14)4-11(10)13/h2-4,8-9H,5-6,14H2,1H3,(H,15,16). The SMILES string of the molecule is COC1CC(NC(=O)c2ccc(N)cc2Cl)C1. The minimum atomic E-state index is -0.158. The molecule has 1 amide bonds. The molecule has 0 radical (unpaired) electrons. The van der Waals surface area contributed by atoms with E-state index in [-0.39, 0.29) is 18.1 Å². The molecule has 5 heteroatoms. The van der Waals surface area contributed by atoms with Gasteiger partial charge in [-0.15, -0.1) is 0 Å². The summed E-state index contributed by atoms with van der Waals surface area (Å²) in [6, 6.07) is 5.06. The van der Waals surface area contributed by atoms with Gasteiger partial charge in [0.25, 0.3) is 5.91 Å². The van der Waals surface area contributed by atoms with Crippen molar-refractivity contribution >= 4 is 23.2 Å². The number of halogens is 1. The molecule has 1 saturated carbocycles. The fourth-order valence-electron chi connectivity index (χ4n) is 1.85. The normalized spacial score (nSPS) is 22.9. The van der Waals surface area contributed by atoms with Gasteiger partial charge in [-0.2, -0.15) is 0 Å². The van der Waals surface area contributed by atoms with Crippen LogP contribution in [0.25, 0.3) is 0 Å². The van der Waals surface area contributed by atoms with E-state index in [1.807, 2.05) is 0 Å². The van der Waals surface area contributed by atoms with Gasteiger partial charge >= 0.3 is 0 Å². The number of nitrogens with two attached hydrogens (primary N) is 1. The summed E-state index contributed by atoms with van der Waals surface area (Å²) >= 11 is 5.96. The maximum Gasteiger partial charge on any atom is 0.253 e. The zero-order chi connectivity index (χ0) is 12.4. The van der Waals surface area contributed by atoms with Gasteiger partial charge in [0.15, 0.2) is 0 Å². The summed E-state index contributed by atoms with van der Waals surface area (Å²) < 4.78 is 5.15. The van der Waals surface area contributed by atoms with E-state index in [4.69, 9.17) is 22.1 Å². The van der Waals surface area contributed by atoms with Crippen LogP contribution >= 0.6 is 11.6 Å². The summed E-state index contributed by atoms with van der Waals surface area (Å²) in [5, 5.41) is 3.29. The van der Waals surface area contributed by atoms with Gasteiger partial charge in [-0.05, 0) is 31.0 Å². The molecule has 92 valence electrons. The van der Waals surface area contributed by atoms with Gasteiger partial charge in [-0.1, -0.05) is 11.6 Å². The van der Waals surface area contributed by atoms with Crippen LogP contribution in [0.15, 0.2) is 18.2 Å². The highest BCUT2D eigenvalue weighted by atomic mass is 35.5. The Hall–Kier alpha value is -1.26. The molecule has 1 aromatic carbocycles. The van der Waals surface area contributed by atoms with E-state index in [1.165, 1.54) is 0 Å². The highest BCUT2D eigenvalue weighted by molar-refractivity contribution is 6.34. The van der Waals surface area contributed by atoms with Gasteiger partial charge in [0, 0.05) is 18.8 Å². The van der Waals surface area contributed by atoms with Gasteiger partial charge in [0.2, 0.25) is 0 Å². The smallest absolute Gasteiger partial charge is 0.253 e. The molecule has 1 aliphatic carbocycles. The minimum absolute atomic E-state index is 0.158. The number of nitrogens with one attached hydrogen (secondary N) is 1. The molecule has 0 heterocycles. The number of anilines is 1. The highest BCUT2D eigenvalue weighted by Gasteiger charge is 2.30. The zero-order valence-electron chi connectivity index (χ0n) is 9.57. The number of ether oxygens (including phenoxy) is 1. The summed E-state index contributed by atoms with van der Waals surface area (Å²) in [7, 11) is 1.68. The lowest BCUT2D eigenvalue weighted by Crippen LogP contribution is -2.47. The lowest BCUT2D eigenvalue weighted by molar-refractivity contribution is 0.0176. The molecule has 0 atom stereocenters. The van der Waals surface area contributed by atoms with Crippen LogP contribution in [-0.4, -0.2) is 25.2 Å². The van der Waals surface area contributed by atoms with Crippen molar-refractivity contribution in [2.24, 2.45) is 0 Å². The third-order valence-electron chi connectivity index (χ3n) is 3.00. The van der Waals surface area contributed by atoms with Gasteiger partial charge in [0.1, 0.15) is 0 Å². The monoisotopic (exact) mass is 254 g/mol. The number of methoxy groups -OCH3 is 1. The molecule has 0 spiro atoms. The lowest BCUT2D eigenvalue weighted by Gasteiger charge is -2.34. The van der Waals surface area contributed by atoms with Gasteiger partial charge in [-0.25, -0.2) is 0 Å². The van der Waals surface area contributed by atoms with E-state index in [0.717, 1.165) is 12.8 Å². The van der Waals surface area contributed by atoms with E-state index in [1.54, 1.807) is 25.3 Å². The van der Waals surface area contributed by atoms with Crippen LogP contribution in [0, 0.1) is 0 Å². The second-order valence-electron chi connectivity index (χ2n) is 4.24. The first-order valence-corrected chi connectivity index (χ1v) is 5.86. The molecule has 2 rings (SSSR count). The predicted molar refractivity (Wildman–Crippen MR) is 67.1 cm³/mol. The first-order chi connectivity index (χ1) is 8.10. The number of hydrogen-bond acceptors (Lipinski definition) is 3. The first kappa shape index (κ1) is 12.2. The summed E-state index contributed by atoms with van der Waals surface area (Å²) in [5.74, 6) is -0.158. The van der Waals surface area contributed by atoms with Crippen LogP contribution in [0.1, 0.15) is 23.2 Å². The molecular weight excluding hydrogens is 240 g/mol. The zero-order valence-corrected chi connectivity index (χ0v) is 10.3. The molecule has 0 unspecified atom stereocenters. The van der Waals surface area contributed by atoms with E-state index >= 15 is 0 Å². The van der Waals surface area contributed by atoms with Crippen molar-refractivity contribution in [2.45, 2.75) is 25.0 Å². The second-order valence-corrected chi connectivity index (χ2v) is 4.65. The van der Waals surface area contributed by atoms with Gasteiger partial charge < -0.3 is 15.8 Å². The Balaban J connectivity index is 1.96. The fraction of sp³-hybridized carbons (Fsp3) is 0.417. The summed E-state index contributed by atoms with van der Waals surface area (Å²) in [4.78, 5) is 11.9. The number of hydrogen-bond donors (Lipinski definition) is 2. The average Bonchev–Trinajstić information content (AvgIpc) is 2.22. The Morgan fingerprint density at radius 2 is 2.24 bits per heavy atom. The molecule has 1 aliphatic rings. The van der Waals surface area contributed by atoms with Crippen molar-refractivity contribution in [3.63, 3.8) is 0 Å². The van der Waals surface area contributed by atoms with Crippen molar-refractivity contribution in [2.75, 3.05) is 12.8 Å². The van der Waals surface area contributed by atoms with Crippen LogP contribution in [0.2, 0.25) is 5.02 Å². The Bertz CT molecular complexity index is 431. The molecule has 0 saturated heterocycles. The minimum Gasteiger partial charge on any atom is -0.399 e. The van der Waals surface area contributed by atoms with Crippen molar-refractivity contribution in [3.8, 4) is 0 Å². The van der Waals surface area contributed by atoms with E-state index in [9.17, 15) is 4.79 Å². The molecule has 4 nitrogen and oxygen atoms in total. The molecule has 1 fully saturated rings. The summed E-state index contributed by atoms with van der Waals surface area (Å²) in [6.07, 6.45) is 1.98. The Labute approximate surface area is 105 Å². The van der Waals surface area contributed by atoms with E-state index < -0.39 is 0 Å². The molecule has 1 aromatic rings. The number of nitrogen functional groups attached to an aromatic ring is 1. The van der Waals surface area contributed by atoms with Crippen LogP contribution in [0.4, 0.5) is 5.69 Å². The maximum atomic E-state index is 11.9. The third-order valence-corrected chi connectivity index (χ3v) is 3.31. The summed E-state index contributed by atoms with van der Waals surface area (Å²) in [5.41, 5.74) is 6.58. The molecular formula is C12H15ClN2O2. The van der Waals surface area contributed by atoms with Crippen LogP contribution < -0.4 is 11.1 Å². The van der Waals surface area contributed by atoms with E-state index in [0.29, 0.717) is 16.3 Å². The Morgan fingerprint density at radius 3 is 2.82 bits per heavy atom. The molecule has 0 bridgehead atoms. The second kappa shape index (κ2) is 4.94. The first-order valence-electron chi connectivity index (χ1n) is 5.49. The number of amides is 1. The molecule has 0 aromatic heterocycles. The predicted octanol–water partition coefficient (Wildman–Crippen LogP) is 1.83. The maximum absolute atomic E-state index is 11.9. The van der Waals surface area contributed by atoms with Crippen molar-refractivity contribution in [3.05, 3.63) is 28.8 Å². The number of carbonyl (C=O) groups is 1. The molecule has 0 aliphatic heterocycles. The fourth-order valence-corrected chi connectivity index (χ4v) is 2.13. The van der Waals surface area contributed by atoms with Crippen LogP contribution in [0.3, 0.4) is 0 Å². The van der Waals surface area contributed by atoms with Crippen LogP contribution in [0.5, 0.6) is 0 Å². The van der Waals surface area contributed by atoms with Crippen molar-refractivity contribution < 1.29 is 9.53 Å².